The average molecular weight is 354 g/mol. The Morgan fingerprint density at radius 2 is 2.20 bits per heavy atom. The van der Waals surface area contributed by atoms with E-state index in [4.69, 9.17) is 4.52 Å². The summed E-state index contributed by atoms with van der Waals surface area (Å²) >= 11 is 5.15. The largest absolute Gasteiger partial charge is 0.339 e. The second-order valence-corrected chi connectivity index (χ2v) is 6.80. The number of nitrogens with zero attached hydrogens (tertiary/aromatic N) is 2. The van der Waals surface area contributed by atoms with E-state index >= 15 is 0 Å². The van der Waals surface area contributed by atoms with Crippen LogP contribution in [0.1, 0.15) is 30.5 Å². The van der Waals surface area contributed by atoms with Gasteiger partial charge in [0.05, 0.1) is 11.7 Å². The Bertz CT molecular complexity index is 552. The highest BCUT2D eigenvalue weighted by molar-refractivity contribution is 9.10. The fourth-order valence-corrected chi connectivity index (χ4v) is 3.24. The molecule has 1 aliphatic heterocycles. The van der Waals surface area contributed by atoms with E-state index < -0.39 is 0 Å². The molecule has 4 nitrogen and oxygen atoms in total. The van der Waals surface area contributed by atoms with E-state index in [0.717, 1.165) is 41.5 Å². The topological polar surface area (TPSA) is 51.0 Å². The third kappa shape index (κ3) is 3.62. The van der Waals surface area contributed by atoms with Gasteiger partial charge in [0.25, 0.3) is 0 Å². The Morgan fingerprint density at radius 3 is 2.95 bits per heavy atom. The summed E-state index contributed by atoms with van der Waals surface area (Å²) < 4.78 is 6.48. The molecule has 0 aliphatic carbocycles. The normalized spacial score (nSPS) is 19.1. The summed E-state index contributed by atoms with van der Waals surface area (Å²) in [7, 11) is 0. The van der Waals surface area contributed by atoms with Crippen molar-refractivity contribution >= 4 is 27.7 Å². The van der Waals surface area contributed by atoms with Crippen molar-refractivity contribution in [3.8, 4) is 0 Å². The SMILES string of the molecule is Brc1ccc(SCc2noc([C@@H]3CCCNC3)n2)cc1. The van der Waals surface area contributed by atoms with E-state index in [2.05, 4.69) is 43.5 Å². The summed E-state index contributed by atoms with van der Waals surface area (Å²) in [4.78, 5) is 5.73. The lowest BCUT2D eigenvalue weighted by atomic mass is 10.00. The van der Waals surface area contributed by atoms with Gasteiger partial charge in [-0.05, 0) is 43.7 Å². The maximum atomic E-state index is 5.39. The number of hydrogen-bond donors (Lipinski definition) is 1. The molecule has 1 aromatic heterocycles. The molecule has 1 atom stereocenters. The van der Waals surface area contributed by atoms with Crippen LogP contribution in [0.2, 0.25) is 0 Å². The monoisotopic (exact) mass is 353 g/mol. The Kier molecular flexibility index (Phi) is 4.75. The number of halogens is 1. The highest BCUT2D eigenvalue weighted by atomic mass is 79.9. The first kappa shape index (κ1) is 14.1. The summed E-state index contributed by atoms with van der Waals surface area (Å²) in [5.41, 5.74) is 0. The van der Waals surface area contributed by atoms with Gasteiger partial charge in [-0.3, -0.25) is 0 Å². The minimum absolute atomic E-state index is 0.377. The highest BCUT2D eigenvalue weighted by Crippen LogP contribution is 2.25. The van der Waals surface area contributed by atoms with Crippen LogP contribution in [0.4, 0.5) is 0 Å². The molecule has 20 heavy (non-hydrogen) atoms. The molecule has 1 aliphatic rings. The summed E-state index contributed by atoms with van der Waals surface area (Å²) in [6.45, 7) is 2.04. The minimum atomic E-state index is 0.377. The Labute approximate surface area is 130 Å². The van der Waals surface area contributed by atoms with Crippen LogP contribution >= 0.6 is 27.7 Å². The Balaban J connectivity index is 1.58. The molecule has 0 bridgehead atoms. The van der Waals surface area contributed by atoms with Gasteiger partial charge in [0.2, 0.25) is 5.89 Å². The van der Waals surface area contributed by atoms with Crippen molar-refractivity contribution in [1.82, 2.24) is 15.5 Å². The van der Waals surface area contributed by atoms with E-state index in [1.807, 2.05) is 12.1 Å². The molecule has 2 heterocycles. The molecule has 0 amide bonds. The highest BCUT2D eigenvalue weighted by Gasteiger charge is 2.21. The van der Waals surface area contributed by atoms with Crippen LogP contribution in [0.25, 0.3) is 0 Å². The molecular weight excluding hydrogens is 338 g/mol. The van der Waals surface area contributed by atoms with Crippen molar-refractivity contribution < 1.29 is 4.52 Å². The van der Waals surface area contributed by atoms with Gasteiger partial charge in [0.1, 0.15) is 0 Å². The molecule has 1 fully saturated rings. The van der Waals surface area contributed by atoms with Crippen molar-refractivity contribution in [2.24, 2.45) is 0 Å². The zero-order valence-corrected chi connectivity index (χ0v) is 13.4. The third-order valence-corrected chi connectivity index (χ3v) is 4.85. The fraction of sp³-hybridized carbons (Fsp3) is 0.429. The first-order valence-electron chi connectivity index (χ1n) is 6.73. The minimum Gasteiger partial charge on any atom is -0.339 e. The molecule has 1 N–H and O–H groups in total. The predicted octanol–water partition coefficient (Wildman–Crippen LogP) is 3.59. The molecule has 1 saturated heterocycles. The molecule has 0 radical (unpaired) electrons. The van der Waals surface area contributed by atoms with Crippen molar-refractivity contribution in [3.63, 3.8) is 0 Å². The van der Waals surface area contributed by atoms with Crippen molar-refractivity contribution in [3.05, 3.63) is 40.5 Å². The van der Waals surface area contributed by atoms with Gasteiger partial charge in [-0.2, -0.15) is 4.98 Å². The fourth-order valence-electron chi connectivity index (χ4n) is 2.23. The van der Waals surface area contributed by atoms with E-state index in [0.29, 0.717) is 5.92 Å². The first-order valence-corrected chi connectivity index (χ1v) is 8.51. The number of aromatic nitrogens is 2. The number of piperidine rings is 1. The van der Waals surface area contributed by atoms with E-state index in [-0.39, 0.29) is 0 Å². The molecule has 0 saturated carbocycles. The van der Waals surface area contributed by atoms with Gasteiger partial charge < -0.3 is 9.84 Å². The van der Waals surface area contributed by atoms with Crippen LogP contribution in [-0.4, -0.2) is 23.2 Å². The number of benzene rings is 1. The smallest absolute Gasteiger partial charge is 0.231 e. The molecule has 106 valence electrons. The quantitative estimate of drug-likeness (QED) is 0.851. The lowest BCUT2D eigenvalue weighted by Gasteiger charge is -2.18. The van der Waals surface area contributed by atoms with Gasteiger partial charge in [-0.25, -0.2) is 0 Å². The molecule has 2 aromatic rings. The van der Waals surface area contributed by atoms with Gasteiger partial charge in [-0.15, -0.1) is 11.8 Å². The number of rotatable bonds is 4. The van der Waals surface area contributed by atoms with Gasteiger partial charge in [0, 0.05) is 15.9 Å². The van der Waals surface area contributed by atoms with Crippen molar-refractivity contribution in [1.29, 1.82) is 0 Å². The van der Waals surface area contributed by atoms with Gasteiger partial charge in [0.15, 0.2) is 5.82 Å². The van der Waals surface area contributed by atoms with Crippen LogP contribution in [0.3, 0.4) is 0 Å². The zero-order chi connectivity index (χ0) is 13.8. The second-order valence-electron chi connectivity index (χ2n) is 4.83. The van der Waals surface area contributed by atoms with Crippen molar-refractivity contribution in [2.75, 3.05) is 13.1 Å². The molecule has 1 aromatic carbocycles. The lowest BCUT2D eigenvalue weighted by Crippen LogP contribution is -2.28. The molecular formula is C14H16BrN3OS. The molecule has 0 unspecified atom stereocenters. The zero-order valence-electron chi connectivity index (χ0n) is 11.0. The van der Waals surface area contributed by atoms with Gasteiger partial charge in [-0.1, -0.05) is 21.1 Å². The van der Waals surface area contributed by atoms with E-state index in [1.54, 1.807) is 11.8 Å². The molecule has 3 rings (SSSR count). The average Bonchev–Trinajstić information content (AvgIpc) is 2.97. The summed E-state index contributed by atoms with van der Waals surface area (Å²) in [5.74, 6) is 2.68. The van der Waals surface area contributed by atoms with Crippen molar-refractivity contribution in [2.45, 2.75) is 29.4 Å². The molecule has 0 spiro atoms. The predicted molar refractivity (Wildman–Crippen MR) is 82.8 cm³/mol. The first-order chi connectivity index (χ1) is 9.81. The number of nitrogens with one attached hydrogen (secondary N) is 1. The summed E-state index contributed by atoms with van der Waals surface area (Å²) in [6.07, 6.45) is 2.31. The maximum Gasteiger partial charge on any atom is 0.231 e. The van der Waals surface area contributed by atoms with E-state index in [9.17, 15) is 0 Å². The summed E-state index contributed by atoms with van der Waals surface area (Å²) in [6, 6.07) is 8.25. The van der Waals surface area contributed by atoms with E-state index in [1.165, 1.54) is 11.3 Å². The third-order valence-electron chi connectivity index (χ3n) is 3.31. The second kappa shape index (κ2) is 6.74. The Hall–Kier alpha value is -0.850. The van der Waals surface area contributed by atoms with Gasteiger partial charge >= 0.3 is 0 Å². The number of hydrogen-bond acceptors (Lipinski definition) is 5. The lowest BCUT2D eigenvalue weighted by molar-refractivity contribution is 0.320. The van der Waals surface area contributed by atoms with Crippen LogP contribution in [0, 0.1) is 0 Å². The van der Waals surface area contributed by atoms with Crippen LogP contribution in [0.5, 0.6) is 0 Å². The summed E-state index contributed by atoms with van der Waals surface area (Å²) in [5, 5.41) is 7.45. The van der Waals surface area contributed by atoms with Crippen LogP contribution in [0.15, 0.2) is 38.2 Å². The van der Waals surface area contributed by atoms with Crippen LogP contribution < -0.4 is 5.32 Å². The number of thioether (sulfide) groups is 1. The Morgan fingerprint density at radius 1 is 1.35 bits per heavy atom. The van der Waals surface area contributed by atoms with Crippen LogP contribution in [-0.2, 0) is 5.75 Å². The standard InChI is InChI=1S/C14H16BrN3OS/c15-11-3-5-12(6-4-11)20-9-13-17-14(19-18-13)10-2-1-7-16-8-10/h3-6,10,16H,1-2,7-9H2/t10-/m1/s1. The maximum absolute atomic E-state index is 5.39. The molecule has 6 heteroatoms.